The second-order valence-corrected chi connectivity index (χ2v) is 7.49. The number of benzene rings is 3. The zero-order valence-electron chi connectivity index (χ0n) is 17.8. The SMILES string of the molecule is N#CC(=Cc1cn(-c2ccccc2)nc1-c1cc2ccccc2o1)C(=O)Nc1ccc(F)cc1. The Morgan fingerprint density at radius 2 is 1.76 bits per heavy atom. The zero-order valence-corrected chi connectivity index (χ0v) is 17.8. The predicted octanol–water partition coefficient (Wildman–Crippen LogP) is 5.97. The van der Waals surface area contributed by atoms with Crippen molar-refractivity contribution in [1.29, 1.82) is 5.26 Å². The van der Waals surface area contributed by atoms with Crippen LogP contribution < -0.4 is 5.32 Å². The quantitative estimate of drug-likeness (QED) is 0.265. The van der Waals surface area contributed by atoms with Crippen molar-refractivity contribution in [2.45, 2.75) is 0 Å². The van der Waals surface area contributed by atoms with Gasteiger partial charge in [-0.1, -0.05) is 36.4 Å². The summed E-state index contributed by atoms with van der Waals surface area (Å²) in [5.41, 5.74) is 2.79. The highest BCUT2D eigenvalue weighted by atomic mass is 19.1. The molecule has 0 aliphatic rings. The molecule has 5 rings (SSSR count). The molecule has 7 heteroatoms. The summed E-state index contributed by atoms with van der Waals surface area (Å²) in [6.45, 7) is 0. The molecule has 34 heavy (non-hydrogen) atoms. The van der Waals surface area contributed by atoms with Crippen molar-refractivity contribution in [3.05, 3.63) is 108 Å². The first kappa shape index (κ1) is 20.9. The molecule has 3 aromatic carbocycles. The number of carbonyl (C=O) groups is 1. The number of rotatable bonds is 5. The summed E-state index contributed by atoms with van der Waals surface area (Å²) in [5, 5.41) is 17.9. The van der Waals surface area contributed by atoms with Crippen LogP contribution in [0.5, 0.6) is 0 Å². The van der Waals surface area contributed by atoms with Crippen LogP contribution in [0.25, 0.3) is 34.2 Å². The van der Waals surface area contributed by atoms with Crippen LogP contribution in [-0.2, 0) is 4.79 Å². The molecule has 6 nitrogen and oxygen atoms in total. The molecule has 1 N–H and O–H groups in total. The fourth-order valence-corrected chi connectivity index (χ4v) is 3.53. The molecule has 0 saturated carbocycles. The van der Waals surface area contributed by atoms with Gasteiger partial charge in [-0.15, -0.1) is 0 Å². The van der Waals surface area contributed by atoms with Gasteiger partial charge in [0.25, 0.3) is 5.91 Å². The number of nitrogens with zero attached hydrogens (tertiary/aromatic N) is 3. The normalized spacial score (nSPS) is 11.4. The molecule has 0 aliphatic heterocycles. The van der Waals surface area contributed by atoms with E-state index in [4.69, 9.17) is 4.42 Å². The number of carbonyl (C=O) groups excluding carboxylic acids is 1. The Bertz CT molecular complexity index is 1530. The van der Waals surface area contributed by atoms with Crippen molar-refractivity contribution in [3.8, 4) is 23.2 Å². The van der Waals surface area contributed by atoms with Gasteiger partial charge in [-0.05, 0) is 54.6 Å². The van der Waals surface area contributed by atoms with Crippen LogP contribution in [0.1, 0.15) is 5.56 Å². The summed E-state index contributed by atoms with van der Waals surface area (Å²) in [5.74, 6) is -0.520. The number of hydrogen-bond donors (Lipinski definition) is 1. The van der Waals surface area contributed by atoms with Crippen molar-refractivity contribution >= 4 is 28.6 Å². The molecule has 0 fully saturated rings. The van der Waals surface area contributed by atoms with Crippen LogP contribution in [0, 0.1) is 17.1 Å². The monoisotopic (exact) mass is 448 g/mol. The standard InChI is InChI=1S/C27H17FN4O2/c28-21-10-12-22(13-11-21)30-27(33)19(16-29)14-20-17-32(23-7-2-1-3-8-23)31-26(20)25-15-18-6-4-5-9-24(18)34-25/h1-15,17H,(H,30,33). The van der Waals surface area contributed by atoms with Crippen LogP contribution in [-0.4, -0.2) is 15.7 Å². The summed E-state index contributed by atoms with van der Waals surface area (Å²) >= 11 is 0. The first-order valence-electron chi connectivity index (χ1n) is 10.4. The van der Waals surface area contributed by atoms with Gasteiger partial charge in [0.2, 0.25) is 0 Å². The molecule has 0 spiro atoms. The van der Waals surface area contributed by atoms with Crippen molar-refractivity contribution in [3.63, 3.8) is 0 Å². The summed E-state index contributed by atoms with van der Waals surface area (Å²) < 4.78 is 20.8. The number of amides is 1. The predicted molar refractivity (Wildman–Crippen MR) is 127 cm³/mol. The Labute approximate surface area is 194 Å². The number of fused-ring (bicyclic) bond motifs is 1. The van der Waals surface area contributed by atoms with Crippen LogP contribution in [0.15, 0.2) is 101 Å². The first-order chi connectivity index (χ1) is 16.6. The number of anilines is 1. The molecule has 2 heterocycles. The Morgan fingerprint density at radius 3 is 2.50 bits per heavy atom. The minimum atomic E-state index is -0.614. The van der Waals surface area contributed by atoms with Gasteiger partial charge in [0.1, 0.15) is 28.7 Å². The molecular weight excluding hydrogens is 431 g/mol. The number of nitrogens with one attached hydrogen (secondary N) is 1. The second-order valence-electron chi connectivity index (χ2n) is 7.49. The Balaban J connectivity index is 1.57. The lowest BCUT2D eigenvalue weighted by molar-refractivity contribution is -0.112. The number of halogens is 1. The Hall–Kier alpha value is -4.96. The van der Waals surface area contributed by atoms with Crippen LogP contribution in [0.3, 0.4) is 0 Å². The van der Waals surface area contributed by atoms with E-state index in [-0.39, 0.29) is 5.57 Å². The largest absolute Gasteiger partial charge is 0.454 e. The van der Waals surface area contributed by atoms with Gasteiger partial charge in [-0.25, -0.2) is 9.07 Å². The van der Waals surface area contributed by atoms with Crippen molar-refractivity contribution < 1.29 is 13.6 Å². The minimum absolute atomic E-state index is 0.130. The van der Waals surface area contributed by atoms with Crippen LogP contribution >= 0.6 is 0 Å². The molecule has 164 valence electrons. The van der Waals surface area contributed by atoms with Crippen LogP contribution in [0.2, 0.25) is 0 Å². The molecule has 1 amide bonds. The average Bonchev–Trinajstić information content (AvgIpc) is 3.48. The molecule has 0 unspecified atom stereocenters. The molecule has 0 atom stereocenters. The lowest BCUT2D eigenvalue weighted by atomic mass is 10.1. The highest BCUT2D eigenvalue weighted by Gasteiger charge is 2.18. The summed E-state index contributed by atoms with van der Waals surface area (Å²) in [7, 11) is 0. The smallest absolute Gasteiger partial charge is 0.266 e. The topological polar surface area (TPSA) is 83.8 Å². The van der Waals surface area contributed by atoms with Gasteiger partial charge < -0.3 is 9.73 Å². The number of nitriles is 1. The summed E-state index contributed by atoms with van der Waals surface area (Å²) in [6.07, 6.45) is 3.20. The molecule has 0 saturated heterocycles. The fraction of sp³-hybridized carbons (Fsp3) is 0. The molecule has 2 aromatic heterocycles. The minimum Gasteiger partial charge on any atom is -0.454 e. The van der Waals surface area contributed by atoms with E-state index >= 15 is 0 Å². The first-order valence-corrected chi connectivity index (χ1v) is 10.4. The van der Waals surface area contributed by atoms with E-state index in [0.717, 1.165) is 11.1 Å². The molecule has 5 aromatic rings. The highest BCUT2D eigenvalue weighted by Crippen LogP contribution is 2.31. The van der Waals surface area contributed by atoms with Crippen LogP contribution in [0.4, 0.5) is 10.1 Å². The van der Waals surface area contributed by atoms with Gasteiger partial charge >= 0.3 is 0 Å². The van der Waals surface area contributed by atoms with E-state index in [1.54, 1.807) is 10.9 Å². The maximum absolute atomic E-state index is 13.2. The van der Waals surface area contributed by atoms with Gasteiger partial charge in [0.05, 0.1) is 5.69 Å². The van der Waals surface area contributed by atoms with E-state index in [2.05, 4.69) is 10.4 Å². The maximum Gasteiger partial charge on any atom is 0.266 e. The Morgan fingerprint density at radius 1 is 1.03 bits per heavy atom. The van der Waals surface area contributed by atoms with E-state index in [0.29, 0.717) is 28.3 Å². The van der Waals surface area contributed by atoms with E-state index in [1.165, 1.54) is 30.3 Å². The lowest BCUT2D eigenvalue weighted by Crippen LogP contribution is -2.13. The molecule has 0 aliphatic carbocycles. The van der Waals surface area contributed by atoms with E-state index in [9.17, 15) is 14.4 Å². The second kappa shape index (κ2) is 8.88. The third-order valence-corrected chi connectivity index (χ3v) is 5.19. The summed E-state index contributed by atoms with van der Waals surface area (Å²) in [4.78, 5) is 12.8. The van der Waals surface area contributed by atoms with Gasteiger partial charge in [0.15, 0.2) is 5.76 Å². The van der Waals surface area contributed by atoms with Gasteiger partial charge in [-0.3, -0.25) is 4.79 Å². The van der Waals surface area contributed by atoms with Crippen molar-refractivity contribution in [2.75, 3.05) is 5.32 Å². The van der Waals surface area contributed by atoms with Gasteiger partial charge in [0, 0.05) is 22.8 Å². The lowest BCUT2D eigenvalue weighted by Gasteiger charge is -2.04. The molecule has 0 radical (unpaired) electrons. The number of aromatic nitrogens is 2. The molecule has 0 bridgehead atoms. The average molecular weight is 448 g/mol. The third kappa shape index (κ3) is 4.20. The third-order valence-electron chi connectivity index (χ3n) is 5.19. The van der Waals surface area contributed by atoms with Gasteiger partial charge in [-0.2, -0.15) is 10.4 Å². The van der Waals surface area contributed by atoms with E-state index < -0.39 is 11.7 Å². The molecular formula is C27H17FN4O2. The van der Waals surface area contributed by atoms with Crippen molar-refractivity contribution in [2.24, 2.45) is 0 Å². The number of hydrogen-bond acceptors (Lipinski definition) is 4. The zero-order chi connectivity index (χ0) is 23.5. The Kier molecular flexibility index (Phi) is 5.46. The fourth-order valence-electron chi connectivity index (χ4n) is 3.53. The maximum atomic E-state index is 13.2. The summed E-state index contributed by atoms with van der Waals surface area (Å²) in [6, 6.07) is 26.2. The van der Waals surface area contributed by atoms with Crippen molar-refractivity contribution in [1.82, 2.24) is 9.78 Å². The highest BCUT2D eigenvalue weighted by molar-refractivity contribution is 6.10. The number of para-hydroxylation sites is 2. The number of furan rings is 1. The van der Waals surface area contributed by atoms with E-state index in [1.807, 2.05) is 66.7 Å².